The summed E-state index contributed by atoms with van der Waals surface area (Å²) in [6.45, 7) is 1.16. The second-order valence-corrected chi connectivity index (χ2v) is 6.68. The molecule has 0 radical (unpaired) electrons. The zero-order valence-electron chi connectivity index (χ0n) is 14.4. The number of methoxy groups -OCH3 is 1. The number of furan rings is 1. The van der Waals surface area contributed by atoms with E-state index >= 15 is 0 Å². The highest BCUT2D eigenvalue weighted by Crippen LogP contribution is 2.33. The molecule has 2 aromatic rings. The first-order valence-corrected chi connectivity index (χ1v) is 8.86. The average molecular weight is 341 g/mol. The molecule has 5 heteroatoms. The molecule has 2 heterocycles. The summed E-state index contributed by atoms with van der Waals surface area (Å²) in [5, 5.41) is 0. The molecule has 1 aromatic carbocycles. The molecular formula is C20H23NO4. The van der Waals surface area contributed by atoms with Crippen LogP contribution >= 0.6 is 0 Å². The van der Waals surface area contributed by atoms with Crippen LogP contribution in [0.2, 0.25) is 0 Å². The van der Waals surface area contributed by atoms with Crippen LogP contribution in [0, 0.1) is 0 Å². The van der Waals surface area contributed by atoms with Crippen molar-refractivity contribution >= 4 is 5.91 Å². The van der Waals surface area contributed by atoms with E-state index in [9.17, 15) is 4.79 Å². The third kappa shape index (κ3) is 3.10. The van der Waals surface area contributed by atoms with Crippen LogP contribution in [-0.2, 0) is 9.47 Å². The first kappa shape index (κ1) is 16.4. The Morgan fingerprint density at radius 1 is 1.20 bits per heavy atom. The maximum atomic E-state index is 13.2. The Morgan fingerprint density at radius 2 is 2.04 bits per heavy atom. The number of carbonyl (C=O) groups is 1. The van der Waals surface area contributed by atoms with E-state index in [0.29, 0.717) is 18.9 Å². The minimum absolute atomic E-state index is 0.0497. The number of amides is 1. The van der Waals surface area contributed by atoms with E-state index in [4.69, 9.17) is 13.9 Å². The highest BCUT2D eigenvalue weighted by molar-refractivity contribution is 5.98. The third-order valence-electron chi connectivity index (χ3n) is 5.31. The van der Waals surface area contributed by atoms with E-state index in [0.717, 1.165) is 30.4 Å². The topological polar surface area (TPSA) is 51.9 Å². The Morgan fingerprint density at radius 3 is 2.84 bits per heavy atom. The van der Waals surface area contributed by atoms with Gasteiger partial charge in [0.25, 0.3) is 5.91 Å². The lowest BCUT2D eigenvalue weighted by Crippen LogP contribution is -2.56. The second-order valence-electron chi connectivity index (χ2n) is 6.68. The largest absolute Gasteiger partial charge is 0.459 e. The number of benzene rings is 1. The Hall–Kier alpha value is -2.11. The molecule has 2 aliphatic rings. The quantitative estimate of drug-likeness (QED) is 0.859. The predicted octanol–water partition coefficient (Wildman–Crippen LogP) is 3.36. The summed E-state index contributed by atoms with van der Waals surface area (Å²) in [7, 11) is 1.74. The van der Waals surface area contributed by atoms with Gasteiger partial charge in [-0.25, -0.2) is 0 Å². The van der Waals surface area contributed by atoms with E-state index in [1.165, 1.54) is 0 Å². The molecule has 0 N–H and O–H groups in total. The molecule has 5 nitrogen and oxygen atoms in total. The molecule has 0 unspecified atom stereocenters. The first-order chi connectivity index (χ1) is 12.3. The number of carbonyl (C=O) groups excluding carboxylic acids is 1. The van der Waals surface area contributed by atoms with E-state index < -0.39 is 0 Å². The lowest BCUT2D eigenvalue weighted by Gasteiger charge is -2.45. The Bertz CT molecular complexity index is 726. The Balaban J connectivity index is 1.61. The Kier molecular flexibility index (Phi) is 4.59. The number of morpholine rings is 1. The number of hydrogen-bond acceptors (Lipinski definition) is 4. The van der Waals surface area contributed by atoms with Crippen LogP contribution in [0.1, 0.15) is 29.8 Å². The van der Waals surface area contributed by atoms with E-state index in [2.05, 4.69) is 0 Å². The zero-order chi connectivity index (χ0) is 17.2. The molecular weight excluding hydrogens is 318 g/mol. The number of rotatable bonds is 3. The predicted molar refractivity (Wildman–Crippen MR) is 93.4 cm³/mol. The molecule has 2 fully saturated rings. The molecule has 1 saturated carbocycles. The number of hydrogen-bond donors (Lipinski definition) is 0. The summed E-state index contributed by atoms with van der Waals surface area (Å²) in [6, 6.07) is 11.8. The smallest absolute Gasteiger partial charge is 0.290 e. The van der Waals surface area contributed by atoms with Crippen LogP contribution in [-0.4, -0.2) is 49.3 Å². The van der Waals surface area contributed by atoms with Crippen molar-refractivity contribution in [2.45, 2.75) is 37.5 Å². The van der Waals surface area contributed by atoms with Gasteiger partial charge in [0.05, 0.1) is 31.1 Å². The number of ether oxygens (including phenoxy) is 2. The summed E-state index contributed by atoms with van der Waals surface area (Å²) in [4.78, 5) is 15.2. The van der Waals surface area contributed by atoms with Crippen LogP contribution in [0.3, 0.4) is 0 Å². The van der Waals surface area contributed by atoms with Crippen molar-refractivity contribution in [3.63, 3.8) is 0 Å². The van der Waals surface area contributed by atoms with E-state index in [1.807, 2.05) is 41.3 Å². The fourth-order valence-corrected chi connectivity index (χ4v) is 3.99. The van der Waals surface area contributed by atoms with Gasteiger partial charge < -0.3 is 18.8 Å². The molecule has 4 rings (SSSR count). The standard InChI is InChI=1S/C20H23NO4/c1-23-15-7-8-18-17(13-15)21(10-12-24-18)20(22)19-16(9-11-25-19)14-5-3-2-4-6-14/h2-6,9,11,15,17-18H,7-8,10,12-13H2,1H3/t15-,17-,18-/m1/s1. The highest BCUT2D eigenvalue weighted by atomic mass is 16.5. The molecule has 1 saturated heterocycles. The molecule has 132 valence electrons. The molecule has 25 heavy (non-hydrogen) atoms. The monoisotopic (exact) mass is 341 g/mol. The van der Waals surface area contributed by atoms with Crippen LogP contribution in [0.4, 0.5) is 0 Å². The first-order valence-electron chi connectivity index (χ1n) is 8.86. The summed E-state index contributed by atoms with van der Waals surface area (Å²) >= 11 is 0. The summed E-state index contributed by atoms with van der Waals surface area (Å²) in [6.07, 6.45) is 4.59. The molecule has 3 atom stereocenters. The second kappa shape index (κ2) is 7.02. The van der Waals surface area contributed by atoms with Gasteiger partial charge in [0.15, 0.2) is 5.76 Å². The summed E-state index contributed by atoms with van der Waals surface area (Å²) < 4.78 is 17.0. The van der Waals surface area contributed by atoms with Crippen molar-refractivity contribution in [2.24, 2.45) is 0 Å². The summed E-state index contributed by atoms with van der Waals surface area (Å²) in [5.41, 5.74) is 1.83. The fourth-order valence-electron chi connectivity index (χ4n) is 3.99. The molecule has 1 aliphatic heterocycles. The van der Waals surface area contributed by atoms with Gasteiger partial charge in [0.1, 0.15) is 0 Å². The van der Waals surface area contributed by atoms with Gasteiger partial charge in [0.2, 0.25) is 0 Å². The van der Waals surface area contributed by atoms with Gasteiger partial charge in [-0.15, -0.1) is 0 Å². The molecule has 0 spiro atoms. The molecule has 1 aromatic heterocycles. The van der Waals surface area contributed by atoms with E-state index in [1.54, 1.807) is 13.4 Å². The van der Waals surface area contributed by atoms with E-state index in [-0.39, 0.29) is 24.2 Å². The van der Waals surface area contributed by atoms with Gasteiger partial charge in [-0.3, -0.25) is 4.79 Å². The third-order valence-corrected chi connectivity index (χ3v) is 5.31. The molecule has 1 aliphatic carbocycles. The SMILES string of the molecule is CO[C@@H]1CC[C@H]2OCCN(C(=O)c3occc3-c3ccccc3)[C@@H]2C1. The zero-order valence-corrected chi connectivity index (χ0v) is 14.4. The van der Waals surface area contributed by atoms with Gasteiger partial charge in [-0.05, 0) is 30.9 Å². The van der Waals surface area contributed by atoms with Crippen molar-refractivity contribution in [1.29, 1.82) is 0 Å². The van der Waals surface area contributed by atoms with Crippen molar-refractivity contribution in [3.05, 3.63) is 48.4 Å². The number of nitrogens with zero attached hydrogens (tertiary/aromatic N) is 1. The van der Waals surface area contributed by atoms with Crippen LogP contribution in [0.15, 0.2) is 47.1 Å². The Labute approximate surface area is 147 Å². The highest BCUT2D eigenvalue weighted by Gasteiger charge is 2.41. The average Bonchev–Trinajstić information content (AvgIpc) is 3.17. The van der Waals surface area contributed by atoms with Crippen molar-refractivity contribution in [3.8, 4) is 11.1 Å². The number of fused-ring (bicyclic) bond motifs is 1. The lowest BCUT2D eigenvalue weighted by atomic mass is 9.87. The van der Waals surface area contributed by atoms with Crippen LogP contribution in [0.5, 0.6) is 0 Å². The van der Waals surface area contributed by atoms with Gasteiger partial charge in [-0.2, -0.15) is 0 Å². The molecule has 1 amide bonds. The normalized spacial score (nSPS) is 26.3. The van der Waals surface area contributed by atoms with Gasteiger partial charge in [-0.1, -0.05) is 30.3 Å². The van der Waals surface area contributed by atoms with Crippen molar-refractivity contribution in [1.82, 2.24) is 4.90 Å². The maximum Gasteiger partial charge on any atom is 0.290 e. The van der Waals surface area contributed by atoms with Crippen LogP contribution in [0.25, 0.3) is 11.1 Å². The lowest BCUT2D eigenvalue weighted by molar-refractivity contribution is -0.101. The minimum Gasteiger partial charge on any atom is -0.459 e. The van der Waals surface area contributed by atoms with Crippen molar-refractivity contribution < 1.29 is 18.7 Å². The minimum atomic E-state index is -0.0566. The van der Waals surface area contributed by atoms with Gasteiger partial charge >= 0.3 is 0 Å². The van der Waals surface area contributed by atoms with Crippen molar-refractivity contribution in [2.75, 3.05) is 20.3 Å². The maximum absolute atomic E-state index is 13.2. The summed E-state index contributed by atoms with van der Waals surface area (Å²) in [5.74, 6) is 0.352. The molecule has 0 bridgehead atoms. The fraction of sp³-hybridized carbons (Fsp3) is 0.450. The van der Waals surface area contributed by atoms with Crippen LogP contribution < -0.4 is 0 Å². The van der Waals surface area contributed by atoms with Gasteiger partial charge in [0, 0.05) is 19.2 Å².